The van der Waals surface area contributed by atoms with Crippen LogP contribution in [-0.4, -0.2) is 19.1 Å². The molecular weight excluding hydrogens is 270 g/mol. The largest absolute Gasteiger partial charge is 0.496 e. The summed E-state index contributed by atoms with van der Waals surface area (Å²) in [5.41, 5.74) is 2.55. The first-order valence-corrected chi connectivity index (χ1v) is 7.54. The van der Waals surface area contributed by atoms with Crippen molar-refractivity contribution >= 4 is 10.8 Å². The Bertz CT molecular complexity index is 766. The van der Waals surface area contributed by atoms with Gasteiger partial charge in [-0.15, -0.1) is 0 Å². The molecule has 2 heteroatoms. The van der Waals surface area contributed by atoms with Gasteiger partial charge >= 0.3 is 0 Å². The van der Waals surface area contributed by atoms with E-state index in [9.17, 15) is 0 Å². The van der Waals surface area contributed by atoms with Gasteiger partial charge in [0, 0.05) is 18.7 Å². The summed E-state index contributed by atoms with van der Waals surface area (Å²) < 4.78 is 5.43. The van der Waals surface area contributed by atoms with Crippen LogP contribution in [0.4, 0.5) is 0 Å². The van der Waals surface area contributed by atoms with Crippen LogP contribution in [0, 0.1) is 0 Å². The van der Waals surface area contributed by atoms with E-state index in [1.54, 1.807) is 7.11 Å². The molecule has 22 heavy (non-hydrogen) atoms. The van der Waals surface area contributed by atoms with Crippen LogP contribution in [0.3, 0.4) is 0 Å². The molecule has 112 valence electrons. The molecule has 3 rings (SSSR count). The van der Waals surface area contributed by atoms with E-state index in [0.29, 0.717) is 0 Å². The fraction of sp³-hybridized carbons (Fsp3) is 0.200. The quantitative estimate of drug-likeness (QED) is 0.687. The minimum absolute atomic E-state index is 0.872. The molecule has 0 radical (unpaired) electrons. The Morgan fingerprint density at radius 3 is 2.36 bits per heavy atom. The monoisotopic (exact) mass is 291 g/mol. The third-order valence-corrected chi connectivity index (χ3v) is 3.90. The minimum atomic E-state index is 0.872. The predicted molar refractivity (Wildman–Crippen MR) is 92.1 cm³/mol. The van der Waals surface area contributed by atoms with Gasteiger partial charge in [-0.3, -0.25) is 4.90 Å². The molecule has 0 amide bonds. The molecule has 0 heterocycles. The normalized spacial score (nSPS) is 11.0. The number of benzene rings is 3. The van der Waals surface area contributed by atoms with Gasteiger partial charge < -0.3 is 4.74 Å². The molecule has 0 N–H and O–H groups in total. The average molecular weight is 291 g/mol. The third kappa shape index (κ3) is 3.29. The Kier molecular flexibility index (Phi) is 4.40. The van der Waals surface area contributed by atoms with Crippen LogP contribution in [0.15, 0.2) is 66.7 Å². The second-order valence-corrected chi connectivity index (χ2v) is 5.67. The maximum Gasteiger partial charge on any atom is 0.123 e. The lowest BCUT2D eigenvalue weighted by Crippen LogP contribution is -2.17. The number of hydrogen-bond acceptors (Lipinski definition) is 2. The smallest absolute Gasteiger partial charge is 0.123 e. The lowest BCUT2D eigenvalue weighted by atomic mass is 10.1. The summed E-state index contributed by atoms with van der Waals surface area (Å²) in [5, 5.41) is 2.59. The molecule has 0 spiro atoms. The van der Waals surface area contributed by atoms with Crippen LogP contribution in [0.25, 0.3) is 10.8 Å². The van der Waals surface area contributed by atoms with Crippen molar-refractivity contribution in [2.45, 2.75) is 13.1 Å². The first kappa shape index (κ1) is 14.6. The van der Waals surface area contributed by atoms with Gasteiger partial charge in [0.2, 0.25) is 0 Å². The molecule has 0 saturated carbocycles. The standard InChI is InChI=1S/C20H21NO/c1-21(15-19-9-5-6-10-20(19)22-2)14-16-11-12-17-7-3-4-8-18(17)13-16/h3-13H,14-15H2,1-2H3. The van der Waals surface area contributed by atoms with Crippen molar-refractivity contribution in [3.05, 3.63) is 77.9 Å². The first-order chi connectivity index (χ1) is 10.8. The molecule has 3 aromatic carbocycles. The van der Waals surface area contributed by atoms with E-state index in [1.807, 2.05) is 12.1 Å². The summed E-state index contributed by atoms with van der Waals surface area (Å²) in [6.07, 6.45) is 0. The zero-order valence-electron chi connectivity index (χ0n) is 13.1. The summed E-state index contributed by atoms with van der Waals surface area (Å²) >= 11 is 0. The molecule has 0 aliphatic carbocycles. The highest BCUT2D eigenvalue weighted by molar-refractivity contribution is 5.82. The molecule has 0 unspecified atom stereocenters. The Morgan fingerprint density at radius 1 is 0.818 bits per heavy atom. The van der Waals surface area contributed by atoms with Gasteiger partial charge in [-0.2, -0.15) is 0 Å². The molecule has 2 nitrogen and oxygen atoms in total. The van der Waals surface area contributed by atoms with Gasteiger partial charge in [0.15, 0.2) is 0 Å². The third-order valence-electron chi connectivity index (χ3n) is 3.90. The number of fused-ring (bicyclic) bond motifs is 1. The number of para-hydroxylation sites is 1. The molecule has 0 saturated heterocycles. The summed E-state index contributed by atoms with van der Waals surface area (Å²) in [6.45, 7) is 1.79. The van der Waals surface area contributed by atoms with Crippen LogP contribution in [0.1, 0.15) is 11.1 Å². The van der Waals surface area contributed by atoms with Crippen molar-refractivity contribution in [2.75, 3.05) is 14.2 Å². The summed E-state index contributed by atoms with van der Waals surface area (Å²) in [6, 6.07) is 23.4. The summed E-state index contributed by atoms with van der Waals surface area (Å²) in [4.78, 5) is 2.31. The highest BCUT2D eigenvalue weighted by Crippen LogP contribution is 2.21. The van der Waals surface area contributed by atoms with E-state index >= 15 is 0 Å². The van der Waals surface area contributed by atoms with E-state index in [4.69, 9.17) is 4.74 Å². The minimum Gasteiger partial charge on any atom is -0.496 e. The van der Waals surface area contributed by atoms with E-state index < -0.39 is 0 Å². The SMILES string of the molecule is COc1ccccc1CN(C)Cc1ccc2ccccc2c1. The van der Waals surface area contributed by atoms with Gasteiger partial charge in [-0.05, 0) is 35.5 Å². The molecule has 0 aliphatic rings. The van der Waals surface area contributed by atoms with Gasteiger partial charge in [0.05, 0.1) is 7.11 Å². The lowest BCUT2D eigenvalue weighted by molar-refractivity contribution is 0.310. The molecule has 0 atom stereocenters. The van der Waals surface area contributed by atoms with Crippen molar-refractivity contribution in [1.82, 2.24) is 4.90 Å². The van der Waals surface area contributed by atoms with E-state index in [1.165, 1.54) is 21.9 Å². The average Bonchev–Trinajstić information content (AvgIpc) is 2.55. The highest BCUT2D eigenvalue weighted by atomic mass is 16.5. The van der Waals surface area contributed by atoms with Crippen molar-refractivity contribution < 1.29 is 4.74 Å². The Balaban J connectivity index is 1.73. The number of hydrogen-bond donors (Lipinski definition) is 0. The Labute approximate surface area is 132 Å². The fourth-order valence-corrected chi connectivity index (χ4v) is 2.83. The van der Waals surface area contributed by atoms with Crippen LogP contribution in [-0.2, 0) is 13.1 Å². The molecule has 3 aromatic rings. The number of nitrogens with zero attached hydrogens (tertiary/aromatic N) is 1. The van der Waals surface area contributed by atoms with Gasteiger partial charge in [-0.1, -0.05) is 54.6 Å². The van der Waals surface area contributed by atoms with Crippen LogP contribution >= 0.6 is 0 Å². The topological polar surface area (TPSA) is 12.5 Å². The van der Waals surface area contributed by atoms with Crippen molar-refractivity contribution in [1.29, 1.82) is 0 Å². The van der Waals surface area contributed by atoms with Crippen LogP contribution < -0.4 is 4.74 Å². The van der Waals surface area contributed by atoms with Crippen LogP contribution in [0.5, 0.6) is 5.75 Å². The van der Waals surface area contributed by atoms with Crippen molar-refractivity contribution in [3.8, 4) is 5.75 Å². The molecule has 0 fully saturated rings. The van der Waals surface area contributed by atoms with Crippen LogP contribution in [0.2, 0.25) is 0 Å². The molecular formula is C20H21NO. The maximum atomic E-state index is 5.43. The van der Waals surface area contributed by atoms with E-state index in [-0.39, 0.29) is 0 Å². The van der Waals surface area contributed by atoms with Crippen molar-refractivity contribution in [3.63, 3.8) is 0 Å². The van der Waals surface area contributed by atoms with Gasteiger partial charge in [0.1, 0.15) is 5.75 Å². The second kappa shape index (κ2) is 6.63. The number of rotatable bonds is 5. The van der Waals surface area contributed by atoms with Gasteiger partial charge in [0.25, 0.3) is 0 Å². The van der Waals surface area contributed by atoms with E-state index in [0.717, 1.165) is 18.8 Å². The Hall–Kier alpha value is -2.32. The highest BCUT2D eigenvalue weighted by Gasteiger charge is 2.06. The molecule has 0 aliphatic heterocycles. The van der Waals surface area contributed by atoms with E-state index in [2.05, 4.69) is 66.5 Å². The zero-order valence-corrected chi connectivity index (χ0v) is 13.1. The molecule has 0 bridgehead atoms. The maximum absolute atomic E-state index is 5.43. The lowest BCUT2D eigenvalue weighted by Gasteiger charge is -2.18. The number of ether oxygens (including phenoxy) is 1. The number of methoxy groups -OCH3 is 1. The van der Waals surface area contributed by atoms with Crippen molar-refractivity contribution in [2.24, 2.45) is 0 Å². The fourth-order valence-electron chi connectivity index (χ4n) is 2.83. The first-order valence-electron chi connectivity index (χ1n) is 7.54. The summed E-state index contributed by atoms with van der Waals surface area (Å²) in [7, 11) is 3.86. The molecule has 0 aromatic heterocycles. The predicted octanol–water partition coefficient (Wildman–Crippen LogP) is 4.48. The Morgan fingerprint density at radius 2 is 1.55 bits per heavy atom. The summed E-state index contributed by atoms with van der Waals surface area (Å²) in [5.74, 6) is 0.952. The zero-order chi connectivity index (χ0) is 15.4. The second-order valence-electron chi connectivity index (χ2n) is 5.67. The van der Waals surface area contributed by atoms with Gasteiger partial charge in [-0.25, -0.2) is 0 Å².